The number of anilines is 1. The fraction of sp³-hybridized carbons (Fsp3) is 0.417. The van der Waals surface area contributed by atoms with Crippen LogP contribution >= 0.6 is 11.3 Å². The zero-order valence-corrected chi connectivity index (χ0v) is 18.5. The van der Waals surface area contributed by atoms with Gasteiger partial charge in [0.2, 0.25) is 0 Å². The van der Waals surface area contributed by atoms with Gasteiger partial charge in [-0.15, -0.1) is 0 Å². The summed E-state index contributed by atoms with van der Waals surface area (Å²) >= 11 is 1.32. The quantitative estimate of drug-likeness (QED) is 0.391. The number of amides is 1. The first-order valence-electron chi connectivity index (χ1n) is 10.9. The number of aromatic nitrogens is 1. The van der Waals surface area contributed by atoms with Crippen molar-refractivity contribution < 1.29 is 18.7 Å². The first-order valence-corrected chi connectivity index (χ1v) is 11.7. The van der Waals surface area contributed by atoms with Crippen LogP contribution in [0.2, 0.25) is 0 Å². The number of unbranched alkanes of at least 4 members (excludes halogenated alkanes) is 2. The number of rotatable bonds is 9. The van der Waals surface area contributed by atoms with Crippen molar-refractivity contribution in [1.82, 2.24) is 4.98 Å². The normalized spacial score (nSPS) is 16.0. The average Bonchev–Trinajstić information content (AvgIpc) is 3.44. The third-order valence-electron chi connectivity index (χ3n) is 5.32. The lowest BCUT2D eigenvalue weighted by Crippen LogP contribution is -2.37. The molecule has 0 radical (unpaired) electrons. The van der Waals surface area contributed by atoms with Crippen molar-refractivity contribution in [1.29, 1.82) is 0 Å². The van der Waals surface area contributed by atoms with E-state index in [0.717, 1.165) is 32.1 Å². The molecule has 0 spiro atoms. The van der Waals surface area contributed by atoms with Crippen LogP contribution in [-0.4, -0.2) is 36.8 Å². The number of fused-ring (bicyclic) bond motifs is 1. The average molecular weight is 443 g/mol. The molecule has 1 fully saturated rings. The predicted molar refractivity (Wildman–Crippen MR) is 122 cm³/mol. The molecule has 0 bridgehead atoms. The molecule has 1 atom stereocenters. The van der Waals surface area contributed by atoms with E-state index in [9.17, 15) is 9.18 Å². The number of hydrogen-bond donors (Lipinski definition) is 0. The van der Waals surface area contributed by atoms with Gasteiger partial charge in [-0.2, -0.15) is 0 Å². The molecule has 7 heteroatoms. The maximum absolute atomic E-state index is 13.7. The van der Waals surface area contributed by atoms with E-state index >= 15 is 0 Å². The monoisotopic (exact) mass is 442 g/mol. The Morgan fingerprint density at radius 3 is 3.00 bits per heavy atom. The number of carbonyl (C=O) groups excluding carboxylic acids is 1. The topological polar surface area (TPSA) is 51.7 Å². The summed E-state index contributed by atoms with van der Waals surface area (Å²) in [6, 6.07) is 11.8. The highest BCUT2D eigenvalue weighted by atomic mass is 32.1. The summed E-state index contributed by atoms with van der Waals surface area (Å²) in [5.41, 5.74) is 1.22. The van der Waals surface area contributed by atoms with Gasteiger partial charge in [-0.1, -0.05) is 37.2 Å². The van der Waals surface area contributed by atoms with Crippen molar-refractivity contribution in [2.24, 2.45) is 0 Å². The Morgan fingerprint density at radius 2 is 2.19 bits per heavy atom. The minimum atomic E-state index is -0.312. The maximum atomic E-state index is 13.7. The van der Waals surface area contributed by atoms with Gasteiger partial charge < -0.3 is 9.47 Å². The molecule has 0 aliphatic carbocycles. The van der Waals surface area contributed by atoms with E-state index in [1.165, 1.54) is 23.5 Å². The molecule has 5 nitrogen and oxygen atoms in total. The molecule has 2 heterocycles. The number of halogens is 1. The predicted octanol–water partition coefficient (Wildman–Crippen LogP) is 5.83. The molecular formula is C24H27FN2O3S. The van der Waals surface area contributed by atoms with Gasteiger partial charge in [0, 0.05) is 12.2 Å². The largest absolute Gasteiger partial charge is 0.494 e. The molecule has 1 aliphatic heterocycles. The van der Waals surface area contributed by atoms with Crippen molar-refractivity contribution in [3.63, 3.8) is 0 Å². The Hall–Kier alpha value is -2.51. The van der Waals surface area contributed by atoms with Gasteiger partial charge in [0.05, 0.1) is 29.5 Å². The summed E-state index contributed by atoms with van der Waals surface area (Å²) in [5.74, 6) is 0.215. The van der Waals surface area contributed by atoms with Crippen molar-refractivity contribution in [2.45, 2.75) is 45.1 Å². The SMILES string of the molecule is CCCCCOc1cccc(C(=O)N(CC2CCCO2)c2nc3ccc(F)cc3s2)c1. The van der Waals surface area contributed by atoms with Gasteiger partial charge in [0.25, 0.3) is 5.91 Å². The Kier molecular flexibility index (Phi) is 7.14. The standard InChI is InChI=1S/C24H27FN2O3S/c1-2-3-4-12-29-19-8-5-7-17(14-19)23(28)27(16-20-9-6-13-30-20)24-26-21-11-10-18(25)15-22(21)31-24/h5,7-8,10-11,14-15,20H,2-4,6,9,12-13,16H2,1H3. The van der Waals surface area contributed by atoms with Crippen LogP contribution in [0, 0.1) is 5.82 Å². The van der Waals surface area contributed by atoms with E-state index < -0.39 is 0 Å². The fourth-order valence-corrected chi connectivity index (χ4v) is 4.66. The summed E-state index contributed by atoms with van der Waals surface area (Å²) in [6.07, 6.45) is 5.10. The Bertz CT molecular complexity index is 1030. The Labute approximate surface area is 185 Å². The van der Waals surface area contributed by atoms with Crippen LogP contribution in [0.5, 0.6) is 5.75 Å². The molecule has 31 heavy (non-hydrogen) atoms. The third kappa shape index (κ3) is 5.40. The number of hydrogen-bond acceptors (Lipinski definition) is 5. The molecule has 1 aliphatic rings. The molecule has 1 saturated heterocycles. The lowest BCUT2D eigenvalue weighted by atomic mass is 10.1. The number of carbonyl (C=O) groups is 1. The molecular weight excluding hydrogens is 415 g/mol. The highest BCUT2D eigenvalue weighted by Gasteiger charge is 2.27. The molecule has 2 aromatic carbocycles. The first-order chi connectivity index (χ1) is 15.1. The van der Waals surface area contributed by atoms with Gasteiger partial charge in [0.1, 0.15) is 11.6 Å². The molecule has 164 valence electrons. The zero-order chi connectivity index (χ0) is 21.6. The molecule has 3 aromatic rings. The number of nitrogens with zero attached hydrogens (tertiary/aromatic N) is 2. The molecule has 1 amide bonds. The lowest BCUT2D eigenvalue weighted by Gasteiger charge is -2.23. The Balaban J connectivity index is 1.59. The molecule has 0 saturated carbocycles. The van der Waals surface area contributed by atoms with E-state index in [-0.39, 0.29) is 17.8 Å². The second-order valence-electron chi connectivity index (χ2n) is 7.74. The van der Waals surface area contributed by atoms with E-state index in [0.29, 0.717) is 46.4 Å². The van der Waals surface area contributed by atoms with Crippen molar-refractivity contribution in [3.05, 3.63) is 53.8 Å². The fourth-order valence-electron chi connectivity index (χ4n) is 3.66. The summed E-state index contributed by atoms with van der Waals surface area (Å²) in [5, 5.41) is 0.551. The van der Waals surface area contributed by atoms with Gasteiger partial charge >= 0.3 is 0 Å². The van der Waals surface area contributed by atoms with Crippen LogP contribution in [0.4, 0.5) is 9.52 Å². The van der Waals surface area contributed by atoms with Gasteiger partial charge in [-0.05, 0) is 55.7 Å². The van der Waals surface area contributed by atoms with Gasteiger partial charge in [0.15, 0.2) is 5.13 Å². The molecule has 1 aromatic heterocycles. The minimum Gasteiger partial charge on any atom is -0.494 e. The molecule has 4 rings (SSSR count). The van der Waals surface area contributed by atoms with Crippen LogP contribution in [0.1, 0.15) is 49.4 Å². The maximum Gasteiger partial charge on any atom is 0.260 e. The van der Waals surface area contributed by atoms with E-state index in [2.05, 4.69) is 11.9 Å². The first kappa shape index (κ1) is 21.7. The van der Waals surface area contributed by atoms with Gasteiger partial charge in [-0.3, -0.25) is 9.69 Å². The summed E-state index contributed by atoms with van der Waals surface area (Å²) < 4.78 is 26.0. The third-order valence-corrected chi connectivity index (χ3v) is 6.36. The summed E-state index contributed by atoms with van der Waals surface area (Å²) in [6.45, 7) is 3.91. The van der Waals surface area contributed by atoms with Crippen LogP contribution in [0.25, 0.3) is 10.2 Å². The van der Waals surface area contributed by atoms with Crippen molar-refractivity contribution in [2.75, 3.05) is 24.7 Å². The summed E-state index contributed by atoms with van der Waals surface area (Å²) in [4.78, 5) is 19.8. The van der Waals surface area contributed by atoms with Crippen LogP contribution in [-0.2, 0) is 4.74 Å². The molecule has 1 unspecified atom stereocenters. The molecule has 0 N–H and O–H groups in total. The zero-order valence-electron chi connectivity index (χ0n) is 17.7. The number of benzene rings is 2. The second-order valence-corrected chi connectivity index (χ2v) is 8.75. The van der Waals surface area contributed by atoms with Crippen LogP contribution in [0.15, 0.2) is 42.5 Å². The van der Waals surface area contributed by atoms with Crippen LogP contribution < -0.4 is 9.64 Å². The smallest absolute Gasteiger partial charge is 0.260 e. The van der Waals surface area contributed by atoms with Gasteiger partial charge in [-0.25, -0.2) is 9.37 Å². The number of thiazole rings is 1. The highest BCUT2D eigenvalue weighted by Crippen LogP contribution is 2.31. The minimum absolute atomic E-state index is 0.0267. The van der Waals surface area contributed by atoms with Crippen molar-refractivity contribution >= 4 is 32.6 Å². The van der Waals surface area contributed by atoms with Crippen molar-refractivity contribution in [3.8, 4) is 5.75 Å². The van der Waals surface area contributed by atoms with E-state index in [4.69, 9.17) is 9.47 Å². The van der Waals surface area contributed by atoms with E-state index in [1.54, 1.807) is 23.1 Å². The lowest BCUT2D eigenvalue weighted by molar-refractivity contribution is 0.0917. The number of ether oxygens (including phenoxy) is 2. The van der Waals surface area contributed by atoms with Crippen LogP contribution in [0.3, 0.4) is 0 Å². The van der Waals surface area contributed by atoms with E-state index in [1.807, 2.05) is 12.1 Å². The summed E-state index contributed by atoms with van der Waals surface area (Å²) in [7, 11) is 0. The Morgan fingerprint density at radius 1 is 1.29 bits per heavy atom. The second kappa shape index (κ2) is 10.2. The highest BCUT2D eigenvalue weighted by molar-refractivity contribution is 7.22.